The highest BCUT2D eigenvalue weighted by Crippen LogP contribution is 2.56. The third-order valence-corrected chi connectivity index (χ3v) is 6.14. The summed E-state index contributed by atoms with van der Waals surface area (Å²) in [6.45, 7) is -0.0478. The summed E-state index contributed by atoms with van der Waals surface area (Å²) in [6, 6.07) is 5.63. The zero-order chi connectivity index (χ0) is 24.3. The molecule has 0 bridgehead atoms. The fraction of sp³-hybridized carbons (Fsp3) is 0.348. The van der Waals surface area contributed by atoms with Crippen molar-refractivity contribution in [3.63, 3.8) is 0 Å². The molecule has 1 aliphatic heterocycles. The van der Waals surface area contributed by atoms with Crippen molar-refractivity contribution in [2.45, 2.75) is 31.6 Å². The highest BCUT2D eigenvalue weighted by Gasteiger charge is 2.65. The molecule has 34 heavy (non-hydrogen) atoms. The number of carbonyl (C=O) groups is 2. The highest BCUT2D eigenvalue weighted by molar-refractivity contribution is 6.08. The number of carbonyl (C=O) groups excluding carboxylic acids is 2. The molecule has 4 rings (SSSR count). The summed E-state index contributed by atoms with van der Waals surface area (Å²) in [6.07, 6.45) is 5.92. The van der Waals surface area contributed by atoms with Gasteiger partial charge in [0.05, 0.1) is 11.9 Å². The number of aromatic nitrogens is 2. The summed E-state index contributed by atoms with van der Waals surface area (Å²) in [5.41, 5.74) is 5.04. The molecule has 2 aliphatic rings. The number of nitrogens with zero attached hydrogens (tertiary/aromatic N) is 4. The summed E-state index contributed by atoms with van der Waals surface area (Å²) in [4.78, 5) is 38.4. The maximum absolute atomic E-state index is 14.3. The van der Waals surface area contributed by atoms with Crippen LogP contribution in [0.4, 0.5) is 19.4 Å². The van der Waals surface area contributed by atoms with E-state index in [0.29, 0.717) is 22.8 Å². The first-order valence-electron chi connectivity index (χ1n) is 10.7. The number of imide groups is 1. The lowest BCUT2D eigenvalue weighted by Gasteiger charge is -2.28. The first-order chi connectivity index (χ1) is 16.3. The zero-order valence-electron chi connectivity index (χ0n) is 18.5. The minimum absolute atomic E-state index is 0.0362. The minimum atomic E-state index is -3.09. The molecule has 0 radical (unpaired) electrons. The molecular weight excluding hydrogens is 446 g/mol. The van der Waals surface area contributed by atoms with Gasteiger partial charge >= 0.3 is 6.03 Å². The van der Waals surface area contributed by atoms with Gasteiger partial charge in [0, 0.05) is 50.3 Å². The number of urea groups is 1. The smallest absolute Gasteiger partial charge is 0.329 e. The SMILES string of the molecule is CN=CC(=CN)c1cc(Oc2ccc(NC(=O)N3CCC4(CCCC4(F)F)C3=O)nc2)ccn1. The van der Waals surface area contributed by atoms with E-state index in [1.807, 2.05) is 0 Å². The van der Waals surface area contributed by atoms with Gasteiger partial charge in [0.15, 0.2) is 0 Å². The summed E-state index contributed by atoms with van der Waals surface area (Å²) >= 11 is 0. The quantitative estimate of drug-likeness (QED) is 0.640. The second-order valence-electron chi connectivity index (χ2n) is 8.14. The van der Waals surface area contributed by atoms with Crippen LogP contribution < -0.4 is 15.8 Å². The molecule has 9 nitrogen and oxygen atoms in total. The molecule has 1 spiro atoms. The number of likely N-dealkylation sites (tertiary alicyclic amines) is 1. The van der Waals surface area contributed by atoms with Crippen LogP contribution in [0, 0.1) is 5.41 Å². The Morgan fingerprint density at radius 3 is 2.71 bits per heavy atom. The van der Waals surface area contributed by atoms with Gasteiger partial charge in [-0.15, -0.1) is 0 Å². The lowest BCUT2D eigenvalue weighted by atomic mass is 9.82. The standard InChI is InChI=1S/C23H24F2N6O3/c1-27-13-15(12-26)18-11-16(5-9-28-18)34-17-3-4-19(29-14-17)30-21(33)31-10-8-22(20(31)32)6-2-7-23(22,24)25/h3-5,9,11-14H,2,6-8,10,26H2,1H3,(H,29,30,33). The molecule has 1 saturated carbocycles. The van der Waals surface area contributed by atoms with E-state index in [9.17, 15) is 18.4 Å². The lowest BCUT2D eigenvalue weighted by molar-refractivity contribution is -0.153. The van der Waals surface area contributed by atoms with Crippen LogP contribution in [0.15, 0.2) is 47.9 Å². The number of aliphatic imine (C=N–C) groups is 1. The fourth-order valence-corrected chi connectivity index (χ4v) is 4.36. The Balaban J connectivity index is 1.40. The first kappa shape index (κ1) is 23.3. The van der Waals surface area contributed by atoms with Crippen LogP contribution in [0.1, 0.15) is 31.4 Å². The molecular formula is C23H24F2N6O3. The maximum atomic E-state index is 14.3. The normalized spacial score (nSPS) is 22.0. The van der Waals surface area contributed by atoms with Crippen LogP contribution in [0.25, 0.3) is 5.57 Å². The van der Waals surface area contributed by atoms with Gasteiger partial charge in [-0.2, -0.15) is 0 Å². The number of hydrogen-bond acceptors (Lipinski definition) is 7. The Hall–Kier alpha value is -3.89. The van der Waals surface area contributed by atoms with E-state index in [1.165, 1.54) is 18.5 Å². The van der Waals surface area contributed by atoms with Gasteiger partial charge in [-0.25, -0.2) is 18.6 Å². The molecule has 1 aliphatic carbocycles. The number of nitrogens with one attached hydrogen (secondary N) is 1. The Morgan fingerprint density at radius 1 is 1.24 bits per heavy atom. The second-order valence-corrected chi connectivity index (χ2v) is 8.14. The summed E-state index contributed by atoms with van der Waals surface area (Å²) in [5, 5.41) is 2.49. The van der Waals surface area contributed by atoms with Crippen LogP contribution >= 0.6 is 0 Å². The number of rotatable bonds is 5. The van der Waals surface area contributed by atoms with Gasteiger partial charge in [0.25, 0.3) is 5.92 Å². The van der Waals surface area contributed by atoms with Crippen molar-refractivity contribution in [3.05, 3.63) is 48.6 Å². The van der Waals surface area contributed by atoms with Gasteiger partial charge in [-0.1, -0.05) is 0 Å². The van der Waals surface area contributed by atoms with Crippen LogP contribution in [0.5, 0.6) is 11.5 Å². The number of halogens is 2. The molecule has 1 atom stereocenters. The molecule has 1 unspecified atom stereocenters. The van der Waals surface area contributed by atoms with E-state index in [1.54, 1.807) is 37.7 Å². The number of nitrogens with two attached hydrogens (primary N) is 1. The predicted octanol–water partition coefficient (Wildman–Crippen LogP) is 3.84. The van der Waals surface area contributed by atoms with Crippen molar-refractivity contribution in [2.24, 2.45) is 16.1 Å². The van der Waals surface area contributed by atoms with Crippen LogP contribution in [0.3, 0.4) is 0 Å². The van der Waals surface area contributed by atoms with Gasteiger partial charge < -0.3 is 10.5 Å². The van der Waals surface area contributed by atoms with Crippen molar-refractivity contribution in [3.8, 4) is 11.5 Å². The summed E-state index contributed by atoms with van der Waals surface area (Å²) in [5.74, 6) is -2.88. The van der Waals surface area contributed by atoms with Crippen LogP contribution in [0.2, 0.25) is 0 Å². The molecule has 1 saturated heterocycles. The first-order valence-corrected chi connectivity index (χ1v) is 10.7. The Bertz CT molecular complexity index is 1150. The number of anilines is 1. The fourth-order valence-electron chi connectivity index (χ4n) is 4.36. The van der Waals surface area contributed by atoms with E-state index in [-0.39, 0.29) is 38.0 Å². The van der Waals surface area contributed by atoms with Gasteiger partial charge in [-0.3, -0.25) is 25.0 Å². The van der Waals surface area contributed by atoms with E-state index >= 15 is 0 Å². The van der Waals surface area contributed by atoms with Gasteiger partial charge in [0.1, 0.15) is 22.7 Å². The number of alkyl halides is 2. The number of amides is 3. The Kier molecular flexibility index (Phi) is 6.27. The number of allylic oxidation sites excluding steroid dienone is 1. The number of pyridine rings is 2. The molecule has 11 heteroatoms. The average Bonchev–Trinajstić information content (AvgIpc) is 3.32. The lowest BCUT2D eigenvalue weighted by Crippen LogP contribution is -2.46. The maximum Gasteiger partial charge on any atom is 0.329 e. The highest BCUT2D eigenvalue weighted by atomic mass is 19.3. The molecule has 2 fully saturated rings. The molecule has 2 aromatic rings. The van der Waals surface area contributed by atoms with E-state index in [4.69, 9.17) is 10.5 Å². The minimum Gasteiger partial charge on any atom is -0.456 e. The van der Waals surface area contributed by atoms with Crippen molar-refractivity contribution in [1.29, 1.82) is 0 Å². The summed E-state index contributed by atoms with van der Waals surface area (Å²) < 4.78 is 34.5. The third kappa shape index (κ3) is 4.20. The number of ether oxygens (including phenoxy) is 1. The summed E-state index contributed by atoms with van der Waals surface area (Å²) in [7, 11) is 1.62. The largest absolute Gasteiger partial charge is 0.456 e. The third-order valence-electron chi connectivity index (χ3n) is 6.14. The predicted molar refractivity (Wildman–Crippen MR) is 122 cm³/mol. The van der Waals surface area contributed by atoms with E-state index < -0.39 is 23.3 Å². The van der Waals surface area contributed by atoms with Gasteiger partial charge in [0.2, 0.25) is 5.91 Å². The molecule has 0 aromatic carbocycles. The zero-order valence-corrected chi connectivity index (χ0v) is 18.5. The van der Waals surface area contributed by atoms with E-state index in [0.717, 1.165) is 4.90 Å². The Morgan fingerprint density at radius 2 is 2.06 bits per heavy atom. The molecule has 3 N–H and O–H groups in total. The number of hydrogen-bond donors (Lipinski definition) is 2. The van der Waals surface area contributed by atoms with Crippen molar-refractivity contribution in [2.75, 3.05) is 18.9 Å². The second kappa shape index (κ2) is 9.16. The topological polar surface area (TPSA) is 123 Å². The Labute approximate surface area is 194 Å². The molecule has 3 amide bonds. The average molecular weight is 470 g/mol. The van der Waals surface area contributed by atoms with E-state index in [2.05, 4.69) is 20.3 Å². The monoisotopic (exact) mass is 470 g/mol. The van der Waals surface area contributed by atoms with Crippen LogP contribution in [-0.2, 0) is 4.79 Å². The molecule has 3 heterocycles. The molecule has 2 aromatic heterocycles. The molecule has 178 valence electrons. The van der Waals surface area contributed by atoms with Crippen molar-refractivity contribution >= 4 is 29.5 Å². The van der Waals surface area contributed by atoms with Crippen molar-refractivity contribution in [1.82, 2.24) is 14.9 Å². The van der Waals surface area contributed by atoms with Gasteiger partial charge in [-0.05, 0) is 37.5 Å². The van der Waals surface area contributed by atoms with Crippen LogP contribution in [-0.4, -0.2) is 52.5 Å². The van der Waals surface area contributed by atoms with Crippen molar-refractivity contribution < 1.29 is 23.1 Å².